The Hall–Kier alpha value is 1.42. The second-order valence-electron chi connectivity index (χ2n) is 2.75. The molecule has 0 aromatic rings. The summed E-state index contributed by atoms with van der Waals surface area (Å²) in [6, 6.07) is 0. The summed E-state index contributed by atoms with van der Waals surface area (Å²) in [4.78, 5) is 2.33. The predicted molar refractivity (Wildman–Crippen MR) is 76.0 cm³/mol. The van der Waals surface area contributed by atoms with Gasteiger partial charge in [0.05, 0.1) is 0 Å². The van der Waals surface area contributed by atoms with E-state index >= 15 is 0 Å². The van der Waals surface area contributed by atoms with Crippen LogP contribution in [0.1, 0.15) is 13.8 Å². The van der Waals surface area contributed by atoms with Gasteiger partial charge in [0, 0.05) is 13.2 Å². The minimum Gasteiger partial charge on any atom is -0.790 e. The summed E-state index contributed by atoms with van der Waals surface area (Å²) in [6.07, 6.45) is 0. The van der Waals surface area contributed by atoms with Crippen molar-refractivity contribution in [3.8, 4) is 0 Å². The van der Waals surface area contributed by atoms with E-state index in [-0.39, 0.29) is 0 Å². The zero-order valence-corrected chi connectivity index (χ0v) is 14.8. The van der Waals surface area contributed by atoms with Crippen molar-refractivity contribution in [3.63, 3.8) is 0 Å². The molecule has 0 rings (SSSR count). The maximum Gasteiger partial charge on any atom is 0.0247 e. The molecule has 17 heavy (non-hydrogen) atoms. The van der Waals surface area contributed by atoms with Gasteiger partial charge in [0.2, 0.25) is 0 Å². The molecule has 0 N–H and O–H groups in total. The van der Waals surface area contributed by atoms with Gasteiger partial charge in [-0.05, 0) is 19.6 Å². The van der Waals surface area contributed by atoms with Crippen LogP contribution in [0.2, 0.25) is 0 Å². The summed E-state index contributed by atoms with van der Waals surface area (Å²) in [5.74, 6) is 2.21. The van der Waals surface area contributed by atoms with Crippen molar-refractivity contribution in [2.24, 2.45) is 0 Å². The first-order valence-electron chi connectivity index (χ1n) is 5.46. The standard InChI is InChI=1S/C6H15NS.C4H10OS2.O.Tc/c1-3-7(4-2)5-6-8;6-3-1-5-2-4-7;;/h8H,3-6H2,1-2H3;6-7H,1-4H2;;/q;;;+3/p-3. The number of rotatable bonds is 8. The van der Waals surface area contributed by atoms with E-state index in [0.717, 1.165) is 44.2 Å². The fourth-order valence-electron chi connectivity index (χ4n) is 0.889. The average molecular weight is 382 g/mol. The normalized spacial score (nSPS) is 9.00. The van der Waals surface area contributed by atoms with E-state index in [0.29, 0.717) is 24.7 Å². The SMILES string of the molecule is CCN(CC)CC[S-].[O]=[Tc+3].[S-]CCOCC[S-]. The van der Waals surface area contributed by atoms with E-state index in [2.05, 4.69) is 44.0 Å². The van der Waals surface area contributed by atoms with Gasteiger partial charge in [-0.15, -0.1) is 0 Å². The monoisotopic (exact) mass is 381 g/mol. The first-order valence-corrected chi connectivity index (χ1v) is 7.95. The van der Waals surface area contributed by atoms with E-state index < -0.39 is 0 Å². The molecule has 0 amide bonds. The molecule has 0 saturated carbocycles. The quantitative estimate of drug-likeness (QED) is 0.457. The average Bonchev–Trinajstić information content (AvgIpc) is 2.40. The van der Waals surface area contributed by atoms with Crippen molar-refractivity contribution >= 4 is 37.9 Å². The van der Waals surface area contributed by atoms with E-state index in [1.54, 1.807) is 0 Å². The first-order chi connectivity index (χ1) is 8.26. The third kappa shape index (κ3) is 26.9. The number of hydrogen-bond donors (Lipinski definition) is 0. The van der Waals surface area contributed by atoms with Crippen molar-refractivity contribution in [2.75, 3.05) is 50.1 Å². The summed E-state index contributed by atoms with van der Waals surface area (Å²) < 4.78 is 13.1. The van der Waals surface area contributed by atoms with E-state index in [9.17, 15) is 0 Å². The second kappa shape index (κ2) is 26.1. The van der Waals surface area contributed by atoms with Gasteiger partial charge in [-0.3, -0.25) is 0 Å². The van der Waals surface area contributed by atoms with Gasteiger partial charge >= 0.3 is 22.4 Å². The number of ether oxygens (including phenoxy) is 1. The molecule has 0 saturated heterocycles. The van der Waals surface area contributed by atoms with Crippen molar-refractivity contribution < 1.29 is 27.1 Å². The van der Waals surface area contributed by atoms with E-state index in [1.807, 2.05) is 0 Å². The Balaban J connectivity index is -0.000000202. The molecule has 0 aliphatic rings. The molecule has 104 valence electrons. The van der Waals surface area contributed by atoms with Crippen LogP contribution in [0, 0.1) is 0 Å². The Kier molecular flexibility index (Phi) is 36.1. The molecule has 0 aromatic carbocycles. The zero-order chi connectivity index (χ0) is 13.9. The molecule has 0 aliphatic carbocycles. The van der Waals surface area contributed by atoms with Crippen LogP contribution >= 0.6 is 0 Å². The van der Waals surface area contributed by atoms with Crippen LogP contribution in [-0.4, -0.2) is 55.0 Å². The molecule has 3 nitrogen and oxygen atoms in total. The molecule has 0 aliphatic heterocycles. The van der Waals surface area contributed by atoms with E-state index in [4.69, 9.17) is 20.9 Å². The largest absolute Gasteiger partial charge is 0.790 e. The van der Waals surface area contributed by atoms with Gasteiger partial charge in [-0.25, -0.2) is 0 Å². The van der Waals surface area contributed by atoms with Crippen molar-refractivity contribution in [1.29, 1.82) is 0 Å². The fraction of sp³-hybridized carbons (Fsp3) is 1.00. The van der Waals surface area contributed by atoms with E-state index in [1.165, 1.54) is 0 Å². The van der Waals surface area contributed by atoms with Gasteiger partial charge in [-0.1, -0.05) is 13.8 Å². The Morgan fingerprint density at radius 2 is 1.35 bits per heavy atom. The van der Waals surface area contributed by atoms with Crippen LogP contribution in [0.4, 0.5) is 0 Å². The molecule has 0 bridgehead atoms. The fourth-order valence-corrected chi connectivity index (χ4v) is 1.38. The van der Waals surface area contributed by atoms with Crippen LogP contribution in [0.3, 0.4) is 0 Å². The number of hydrogen-bond acceptors (Lipinski definition) is 6. The van der Waals surface area contributed by atoms with Crippen LogP contribution in [0.25, 0.3) is 0 Å². The van der Waals surface area contributed by atoms with Gasteiger partial charge in [0.1, 0.15) is 0 Å². The van der Waals surface area contributed by atoms with Crippen LogP contribution < -0.4 is 0 Å². The summed E-state index contributed by atoms with van der Waals surface area (Å²) in [5, 5.41) is 0. The smallest absolute Gasteiger partial charge is 0.0247 e. The Labute approximate surface area is 133 Å². The van der Waals surface area contributed by atoms with Crippen LogP contribution in [0.5, 0.6) is 0 Å². The van der Waals surface area contributed by atoms with Gasteiger partial charge in [0.25, 0.3) is 0 Å². The molecule has 0 atom stereocenters. The van der Waals surface area contributed by atoms with Gasteiger partial charge in [-0.2, -0.15) is 17.3 Å². The van der Waals surface area contributed by atoms with Gasteiger partial charge < -0.3 is 47.5 Å². The van der Waals surface area contributed by atoms with Gasteiger partial charge in [0.15, 0.2) is 0 Å². The summed E-state index contributed by atoms with van der Waals surface area (Å²) in [6.45, 7) is 9.00. The van der Waals surface area contributed by atoms with Crippen LogP contribution in [-0.2, 0) is 65.0 Å². The molecule has 0 heterocycles. The maximum absolute atomic E-state index is 8.22. The number of nitrogens with zero attached hydrogens (tertiary/aromatic N) is 1. The Morgan fingerprint density at radius 3 is 1.53 bits per heavy atom. The Morgan fingerprint density at radius 1 is 0.941 bits per heavy atom. The molecule has 0 spiro atoms. The predicted octanol–water partition coefficient (Wildman–Crippen LogP) is 0.851. The molecule has 0 fully saturated rings. The summed E-state index contributed by atoms with van der Waals surface area (Å²) >= 11 is 14.9. The zero-order valence-electron chi connectivity index (χ0n) is 10.5. The molecule has 7 heteroatoms. The second-order valence-corrected chi connectivity index (χ2v) is 3.98. The van der Waals surface area contributed by atoms with Crippen molar-refractivity contribution in [1.82, 2.24) is 4.90 Å². The third-order valence-electron chi connectivity index (χ3n) is 1.76. The first kappa shape index (κ1) is 23.5. The topological polar surface area (TPSA) is 29.5 Å². The third-order valence-corrected chi connectivity index (χ3v) is 2.27. The van der Waals surface area contributed by atoms with Crippen molar-refractivity contribution in [3.05, 3.63) is 0 Å². The minimum absolute atomic E-state index is 0.673. The minimum atomic E-state index is 0.673. The summed E-state index contributed by atoms with van der Waals surface area (Å²) in [5.41, 5.74) is 0. The maximum atomic E-state index is 8.22. The Bertz CT molecular complexity index is 118. The molecular formula is C10H22NO2S3Tc. The summed E-state index contributed by atoms with van der Waals surface area (Å²) in [7, 11) is 0. The molecule has 0 radical (unpaired) electrons. The molecule has 0 unspecified atom stereocenters. The molecule has 0 aromatic heterocycles. The molecular weight excluding hydrogens is 360 g/mol. The van der Waals surface area contributed by atoms with Crippen LogP contribution in [0.15, 0.2) is 0 Å². The van der Waals surface area contributed by atoms with Crippen molar-refractivity contribution in [2.45, 2.75) is 13.8 Å².